The van der Waals surface area contributed by atoms with Crippen LogP contribution in [0.25, 0.3) is 98.7 Å². The maximum Gasteiger partial charge on any atom is -0.00262 e. The van der Waals surface area contributed by atoms with Crippen LogP contribution in [-0.2, 0) is 0 Å². The van der Waals surface area contributed by atoms with Crippen molar-refractivity contribution in [3.63, 3.8) is 0 Å². The molecule has 0 atom stereocenters. The lowest BCUT2D eigenvalue weighted by Gasteiger charge is -2.18. The highest BCUT2D eigenvalue weighted by Crippen LogP contribution is 2.44. The van der Waals surface area contributed by atoms with Crippen molar-refractivity contribution < 1.29 is 0 Å². The standard InChI is InChI=1S/C52H34/c1-2-14-37(15-3-1)43-31-32-44(46-20-7-6-19-45(43)46)41-18-12-17-40(33-41)36-25-28-38(29-26-36)51-47-21-8-10-23-49(47)52(50-24-11-9-22-48(50)51)42-30-27-35-13-4-5-16-39(35)34-42/h1-34H. The molecule has 0 aliphatic heterocycles. The maximum atomic E-state index is 2.34. The topological polar surface area (TPSA) is 0 Å². The summed E-state index contributed by atoms with van der Waals surface area (Å²) in [5.74, 6) is 0. The first-order valence-electron chi connectivity index (χ1n) is 18.0. The van der Waals surface area contributed by atoms with Crippen LogP contribution in [0.15, 0.2) is 206 Å². The molecule has 242 valence electrons. The molecule has 0 amide bonds. The Morgan fingerprint density at radius 2 is 0.635 bits per heavy atom. The van der Waals surface area contributed by atoms with E-state index < -0.39 is 0 Å². The van der Waals surface area contributed by atoms with Gasteiger partial charge in [-0.15, -0.1) is 0 Å². The Morgan fingerprint density at radius 1 is 0.192 bits per heavy atom. The zero-order valence-electron chi connectivity index (χ0n) is 28.6. The second kappa shape index (κ2) is 12.5. The third-order valence-electron chi connectivity index (χ3n) is 10.7. The minimum absolute atomic E-state index is 1.21. The van der Waals surface area contributed by atoms with Crippen molar-refractivity contribution in [1.82, 2.24) is 0 Å². The van der Waals surface area contributed by atoms with E-state index in [1.807, 2.05) is 0 Å². The molecule has 0 saturated carbocycles. The summed E-state index contributed by atoms with van der Waals surface area (Å²) >= 11 is 0. The van der Waals surface area contributed by atoms with Crippen LogP contribution < -0.4 is 0 Å². The monoisotopic (exact) mass is 658 g/mol. The first-order chi connectivity index (χ1) is 25.8. The molecule has 52 heavy (non-hydrogen) atoms. The minimum atomic E-state index is 1.21. The summed E-state index contributed by atoms with van der Waals surface area (Å²) in [5, 5.41) is 10.1. The molecule has 0 aliphatic carbocycles. The number of fused-ring (bicyclic) bond motifs is 4. The predicted octanol–water partition coefficient (Wildman–Crippen LogP) is 14.6. The fraction of sp³-hybridized carbons (Fsp3) is 0. The van der Waals surface area contributed by atoms with Crippen LogP contribution in [0.3, 0.4) is 0 Å². The number of benzene rings is 10. The Hall–Kier alpha value is -6.76. The van der Waals surface area contributed by atoms with E-state index in [0.29, 0.717) is 0 Å². The molecule has 0 heteroatoms. The van der Waals surface area contributed by atoms with Crippen molar-refractivity contribution in [2.24, 2.45) is 0 Å². The van der Waals surface area contributed by atoms with Gasteiger partial charge in [-0.05, 0) is 111 Å². The van der Waals surface area contributed by atoms with Gasteiger partial charge in [-0.25, -0.2) is 0 Å². The minimum Gasteiger partial charge on any atom is -0.0622 e. The molecule has 0 N–H and O–H groups in total. The van der Waals surface area contributed by atoms with Gasteiger partial charge in [-0.2, -0.15) is 0 Å². The van der Waals surface area contributed by atoms with E-state index >= 15 is 0 Å². The molecule has 0 spiro atoms. The second-order valence-electron chi connectivity index (χ2n) is 13.6. The molecule has 10 aromatic carbocycles. The van der Waals surface area contributed by atoms with Crippen LogP contribution in [0.2, 0.25) is 0 Å². The van der Waals surface area contributed by atoms with Crippen LogP contribution in [0.5, 0.6) is 0 Å². The van der Waals surface area contributed by atoms with E-state index in [9.17, 15) is 0 Å². The van der Waals surface area contributed by atoms with Gasteiger partial charge in [0.05, 0.1) is 0 Å². The molecule has 0 nitrogen and oxygen atoms in total. The SMILES string of the molecule is c1ccc(-c2ccc(-c3cccc(-c4ccc(-c5c6ccccc6c(-c6ccc7ccccc7c6)c6ccccc56)cc4)c3)c3ccccc23)cc1. The average molecular weight is 659 g/mol. The van der Waals surface area contributed by atoms with Gasteiger partial charge in [-0.1, -0.05) is 194 Å². The Kier molecular flexibility index (Phi) is 7.25. The number of rotatable bonds is 5. The molecule has 10 rings (SSSR count). The lowest BCUT2D eigenvalue weighted by Crippen LogP contribution is -1.91. The van der Waals surface area contributed by atoms with Gasteiger partial charge in [-0.3, -0.25) is 0 Å². The summed E-state index contributed by atoms with van der Waals surface area (Å²) < 4.78 is 0. The third-order valence-corrected chi connectivity index (χ3v) is 10.7. The van der Waals surface area contributed by atoms with Gasteiger partial charge in [0.1, 0.15) is 0 Å². The second-order valence-corrected chi connectivity index (χ2v) is 13.6. The predicted molar refractivity (Wildman–Crippen MR) is 224 cm³/mol. The first-order valence-corrected chi connectivity index (χ1v) is 18.0. The lowest BCUT2D eigenvalue weighted by atomic mass is 9.85. The zero-order chi connectivity index (χ0) is 34.4. The van der Waals surface area contributed by atoms with Crippen LogP contribution in [0.1, 0.15) is 0 Å². The van der Waals surface area contributed by atoms with Gasteiger partial charge in [0.25, 0.3) is 0 Å². The van der Waals surface area contributed by atoms with E-state index in [4.69, 9.17) is 0 Å². The lowest BCUT2D eigenvalue weighted by molar-refractivity contribution is 1.59. The van der Waals surface area contributed by atoms with Gasteiger partial charge < -0.3 is 0 Å². The summed E-state index contributed by atoms with van der Waals surface area (Å²) in [6.07, 6.45) is 0. The first kappa shape index (κ1) is 30.1. The summed E-state index contributed by atoms with van der Waals surface area (Å²) in [6.45, 7) is 0. The van der Waals surface area contributed by atoms with Crippen LogP contribution in [-0.4, -0.2) is 0 Å². The average Bonchev–Trinajstić information content (AvgIpc) is 3.22. The Balaban J connectivity index is 1.07. The van der Waals surface area contributed by atoms with Crippen molar-refractivity contribution in [2.45, 2.75) is 0 Å². The van der Waals surface area contributed by atoms with E-state index in [0.717, 1.165) is 0 Å². The van der Waals surface area contributed by atoms with Crippen LogP contribution in [0, 0.1) is 0 Å². The van der Waals surface area contributed by atoms with Crippen LogP contribution >= 0.6 is 0 Å². The molecule has 10 aromatic rings. The van der Waals surface area contributed by atoms with E-state index in [1.54, 1.807) is 0 Å². The molecule has 0 bridgehead atoms. The molecule has 0 fully saturated rings. The third kappa shape index (κ3) is 5.08. The fourth-order valence-corrected chi connectivity index (χ4v) is 8.21. The fourth-order valence-electron chi connectivity index (χ4n) is 8.21. The normalized spacial score (nSPS) is 11.5. The Morgan fingerprint density at radius 3 is 1.27 bits per heavy atom. The van der Waals surface area contributed by atoms with Gasteiger partial charge >= 0.3 is 0 Å². The molecule has 0 heterocycles. The largest absolute Gasteiger partial charge is 0.0622 e. The van der Waals surface area contributed by atoms with Gasteiger partial charge in [0, 0.05) is 0 Å². The summed E-state index contributed by atoms with van der Waals surface area (Å²) in [4.78, 5) is 0. The molecular formula is C52H34. The van der Waals surface area contributed by atoms with Crippen molar-refractivity contribution >= 4 is 43.1 Å². The Bertz CT molecular complexity index is 2880. The van der Waals surface area contributed by atoms with Gasteiger partial charge in [0.2, 0.25) is 0 Å². The number of hydrogen-bond donors (Lipinski definition) is 0. The summed E-state index contributed by atoms with van der Waals surface area (Å²) in [7, 11) is 0. The van der Waals surface area contributed by atoms with Crippen molar-refractivity contribution in [1.29, 1.82) is 0 Å². The van der Waals surface area contributed by atoms with Crippen LogP contribution in [0.4, 0.5) is 0 Å². The van der Waals surface area contributed by atoms with E-state index in [1.165, 1.54) is 98.7 Å². The Labute approximate surface area is 303 Å². The molecule has 0 radical (unpaired) electrons. The molecule has 0 saturated heterocycles. The van der Waals surface area contributed by atoms with Crippen molar-refractivity contribution in [2.75, 3.05) is 0 Å². The highest BCUT2D eigenvalue weighted by molar-refractivity contribution is 6.21. The summed E-state index contributed by atoms with van der Waals surface area (Å²) in [5.41, 5.74) is 12.4. The molecule has 0 aromatic heterocycles. The maximum absolute atomic E-state index is 2.34. The van der Waals surface area contributed by atoms with E-state index in [-0.39, 0.29) is 0 Å². The number of hydrogen-bond acceptors (Lipinski definition) is 0. The summed E-state index contributed by atoms with van der Waals surface area (Å²) in [6, 6.07) is 75.4. The smallest absolute Gasteiger partial charge is 0.00262 e. The highest BCUT2D eigenvalue weighted by atomic mass is 14.2. The molecular weight excluding hydrogens is 625 g/mol. The van der Waals surface area contributed by atoms with Crippen molar-refractivity contribution in [3.8, 4) is 55.6 Å². The quantitative estimate of drug-likeness (QED) is 0.161. The van der Waals surface area contributed by atoms with Crippen molar-refractivity contribution in [3.05, 3.63) is 206 Å². The van der Waals surface area contributed by atoms with E-state index in [2.05, 4.69) is 206 Å². The van der Waals surface area contributed by atoms with Gasteiger partial charge in [0.15, 0.2) is 0 Å². The molecule has 0 aliphatic rings. The molecule has 0 unspecified atom stereocenters. The zero-order valence-corrected chi connectivity index (χ0v) is 28.6. The highest BCUT2D eigenvalue weighted by Gasteiger charge is 2.17.